The molecule has 120 valence electrons. The van der Waals surface area contributed by atoms with E-state index in [-0.39, 0.29) is 5.69 Å². The van der Waals surface area contributed by atoms with Crippen molar-refractivity contribution in [1.29, 1.82) is 0 Å². The third kappa shape index (κ3) is 2.99. The molecule has 0 bridgehead atoms. The van der Waals surface area contributed by atoms with E-state index >= 15 is 0 Å². The molecule has 0 fully saturated rings. The monoisotopic (exact) mass is 334 g/mol. The topological polar surface area (TPSA) is 77.9 Å². The molecule has 1 N–H and O–H groups in total. The van der Waals surface area contributed by atoms with E-state index in [0.29, 0.717) is 5.56 Å². The number of hydrogen-bond acceptors (Lipinski definition) is 2. The minimum Gasteiger partial charge on any atom is -0.322 e. The second-order valence-electron chi connectivity index (χ2n) is 4.34. The zero-order valence-electron chi connectivity index (χ0n) is 11.6. The van der Waals surface area contributed by atoms with Gasteiger partial charge in [0, 0.05) is 16.2 Å². The van der Waals surface area contributed by atoms with Gasteiger partial charge >= 0.3 is 0 Å². The van der Waals surface area contributed by atoms with Gasteiger partial charge in [0.15, 0.2) is 23.3 Å². The highest BCUT2D eigenvalue weighted by Gasteiger charge is 2.29. The summed E-state index contributed by atoms with van der Waals surface area (Å²) in [4.78, 5) is 14.0. The van der Waals surface area contributed by atoms with Crippen molar-refractivity contribution in [2.75, 3.05) is 5.32 Å². The van der Waals surface area contributed by atoms with Crippen molar-refractivity contribution >= 4 is 17.3 Å². The van der Waals surface area contributed by atoms with E-state index in [1.165, 1.54) is 24.3 Å². The maximum Gasteiger partial charge on any atom is 0.261 e. The predicted octanol–water partition coefficient (Wildman–Crippen LogP) is 4.42. The number of rotatable bonds is 3. The van der Waals surface area contributed by atoms with E-state index in [1.54, 1.807) is 0 Å². The summed E-state index contributed by atoms with van der Waals surface area (Å²) in [6.45, 7) is 0. The van der Waals surface area contributed by atoms with E-state index in [0.717, 1.165) is 0 Å². The third-order valence-corrected chi connectivity index (χ3v) is 2.92. The second kappa shape index (κ2) is 6.73. The molecule has 2 aromatic carbocycles. The number of nitrogens with zero attached hydrogens (tertiary/aromatic N) is 3. The largest absolute Gasteiger partial charge is 0.322 e. The fourth-order valence-corrected chi connectivity index (χ4v) is 1.80. The number of benzene rings is 2. The molecular formula is C15H6F4N4O. The van der Waals surface area contributed by atoms with E-state index in [9.17, 15) is 22.4 Å². The first-order valence-corrected chi connectivity index (χ1v) is 6.19. The van der Waals surface area contributed by atoms with Crippen molar-refractivity contribution in [3.05, 3.63) is 69.1 Å². The Labute approximate surface area is 132 Å². The van der Waals surface area contributed by atoms with Gasteiger partial charge in [-0.2, -0.15) is 0 Å². The van der Waals surface area contributed by atoms with Crippen LogP contribution in [0.3, 0.4) is 0 Å². The van der Waals surface area contributed by atoms with Crippen LogP contribution in [0.2, 0.25) is 0 Å². The molecule has 0 aromatic heterocycles. The molecule has 0 saturated heterocycles. The zero-order chi connectivity index (χ0) is 17.9. The standard InChI is InChI=1S/C15H6F4N4O/c1-2-7-3-5-8(6-4-7)21-15(24)9-10(16)12(18)14(22-23-20)13(19)11(9)17/h1,3-6H,(H,21,24). The van der Waals surface area contributed by atoms with Crippen molar-refractivity contribution in [3.63, 3.8) is 0 Å². The van der Waals surface area contributed by atoms with Crippen molar-refractivity contribution < 1.29 is 22.4 Å². The Hall–Kier alpha value is -3.50. The Morgan fingerprint density at radius 1 is 1.08 bits per heavy atom. The third-order valence-electron chi connectivity index (χ3n) is 2.92. The molecule has 9 heteroatoms. The second-order valence-corrected chi connectivity index (χ2v) is 4.34. The fourth-order valence-electron chi connectivity index (χ4n) is 1.80. The van der Waals surface area contributed by atoms with Crippen molar-refractivity contribution in [2.45, 2.75) is 0 Å². The van der Waals surface area contributed by atoms with Gasteiger partial charge < -0.3 is 5.32 Å². The highest BCUT2D eigenvalue weighted by molar-refractivity contribution is 6.05. The van der Waals surface area contributed by atoms with Gasteiger partial charge in [-0.25, -0.2) is 17.6 Å². The molecular weight excluding hydrogens is 328 g/mol. The van der Waals surface area contributed by atoms with Crippen LogP contribution >= 0.6 is 0 Å². The van der Waals surface area contributed by atoms with Crippen molar-refractivity contribution in [3.8, 4) is 12.3 Å². The lowest BCUT2D eigenvalue weighted by atomic mass is 10.1. The van der Waals surface area contributed by atoms with Crippen molar-refractivity contribution in [1.82, 2.24) is 0 Å². The first-order chi connectivity index (χ1) is 11.4. The summed E-state index contributed by atoms with van der Waals surface area (Å²) in [6.07, 6.45) is 5.15. The minimum atomic E-state index is -1.98. The lowest BCUT2D eigenvalue weighted by Crippen LogP contribution is -2.18. The van der Waals surface area contributed by atoms with Gasteiger partial charge in [0.2, 0.25) is 0 Å². The Bertz CT molecular complexity index is 884. The molecule has 2 aromatic rings. The Balaban J connectivity index is 2.46. The summed E-state index contributed by atoms with van der Waals surface area (Å²) in [5, 5.41) is 4.60. The molecule has 0 unspecified atom stereocenters. The van der Waals surface area contributed by atoms with Gasteiger partial charge in [-0.15, -0.1) is 6.42 Å². The minimum absolute atomic E-state index is 0.0951. The number of azide groups is 1. The molecule has 0 saturated carbocycles. The van der Waals surface area contributed by atoms with Gasteiger partial charge in [-0.1, -0.05) is 11.0 Å². The maximum atomic E-state index is 13.8. The zero-order valence-corrected chi connectivity index (χ0v) is 11.6. The number of anilines is 1. The molecule has 5 nitrogen and oxygen atoms in total. The van der Waals surface area contributed by atoms with Crippen LogP contribution in [0.1, 0.15) is 15.9 Å². The quantitative estimate of drug-likeness (QED) is 0.221. The van der Waals surface area contributed by atoms with Crippen LogP contribution in [0.5, 0.6) is 0 Å². The lowest BCUT2D eigenvalue weighted by Gasteiger charge is -2.10. The highest BCUT2D eigenvalue weighted by atomic mass is 19.2. The number of terminal acetylenes is 1. The Morgan fingerprint density at radius 3 is 2.08 bits per heavy atom. The lowest BCUT2D eigenvalue weighted by molar-refractivity contribution is 0.101. The predicted molar refractivity (Wildman–Crippen MR) is 77.4 cm³/mol. The highest BCUT2D eigenvalue weighted by Crippen LogP contribution is 2.30. The van der Waals surface area contributed by atoms with Crippen LogP contribution in [0, 0.1) is 35.6 Å². The average Bonchev–Trinajstić information content (AvgIpc) is 2.58. The van der Waals surface area contributed by atoms with E-state index < -0.39 is 40.4 Å². The van der Waals surface area contributed by atoms with Crippen LogP contribution in [0.15, 0.2) is 29.4 Å². The molecule has 1 amide bonds. The molecule has 0 radical (unpaired) electrons. The number of hydrogen-bond donors (Lipinski definition) is 1. The fraction of sp³-hybridized carbons (Fsp3) is 0. The average molecular weight is 334 g/mol. The number of amides is 1. The molecule has 0 aliphatic carbocycles. The molecule has 0 aliphatic heterocycles. The number of nitrogens with one attached hydrogen (secondary N) is 1. The van der Waals surface area contributed by atoms with Crippen LogP contribution < -0.4 is 5.32 Å². The maximum absolute atomic E-state index is 13.8. The summed E-state index contributed by atoms with van der Waals surface area (Å²) in [7, 11) is 0. The summed E-state index contributed by atoms with van der Waals surface area (Å²) in [6, 6.07) is 5.55. The van der Waals surface area contributed by atoms with Crippen LogP contribution in [-0.4, -0.2) is 5.91 Å². The molecule has 0 aliphatic rings. The Morgan fingerprint density at radius 2 is 1.62 bits per heavy atom. The van der Waals surface area contributed by atoms with Crippen LogP contribution in [-0.2, 0) is 0 Å². The van der Waals surface area contributed by atoms with Gasteiger partial charge in [-0.3, -0.25) is 4.79 Å². The molecule has 0 heterocycles. The number of carbonyl (C=O) groups excluding carboxylic acids is 1. The SMILES string of the molecule is C#Cc1ccc(NC(=O)c2c(F)c(F)c(N=[N+]=[N-])c(F)c2F)cc1. The summed E-state index contributed by atoms with van der Waals surface area (Å²) in [5.41, 5.74) is 5.75. The molecule has 2 rings (SSSR count). The van der Waals surface area contributed by atoms with E-state index in [2.05, 4.69) is 21.3 Å². The van der Waals surface area contributed by atoms with E-state index in [1.807, 2.05) is 0 Å². The van der Waals surface area contributed by atoms with Gasteiger partial charge in [-0.05, 0) is 29.8 Å². The Kier molecular flexibility index (Phi) is 4.73. The van der Waals surface area contributed by atoms with Gasteiger partial charge in [0.25, 0.3) is 5.91 Å². The van der Waals surface area contributed by atoms with E-state index in [4.69, 9.17) is 12.0 Å². The van der Waals surface area contributed by atoms with Crippen LogP contribution in [0.4, 0.5) is 28.9 Å². The summed E-state index contributed by atoms with van der Waals surface area (Å²) in [5.74, 6) is -7.01. The smallest absolute Gasteiger partial charge is 0.261 e. The molecule has 24 heavy (non-hydrogen) atoms. The number of carbonyl (C=O) groups is 1. The summed E-state index contributed by atoms with van der Waals surface area (Å²) >= 11 is 0. The molecule has 0 spiro atoms. The number of halogens is 4. The van der Waals surface area contributed by atoms with Crippen LogP contribution in [0.25, 0.3) is 10.4 Å². The van der Waals surface area contributed by atoms with Crippen molar-refractivity contribution in [2.24, 2.45) is 5.11 Å². The normalized spacial score (nSPS) is 9.79. The molecule has 0 atom stereocenters. The first-order valence-electron chi connectivity index (χ1n) is 6.19. The van der Waals surface area contributed by atoms with Gasteiger partial charge in [0.05, 0.1) is 0 Å². The first kappa shape index (κ1) is 16.9. The van der Waals surface area contributed by atoms with Gasteiger partial charge in [0.1, 0.15) is 11.3 Å². The summed E-state index contributed by atoms with van der Waals surface area (Å²) < 4.78 is 55.0.